The second-order valence-corrected chi connectivity index (χ2v) is 5.61. The Morgan fingerprint density at radius 2 is 2.30 bits per heavy atom. The lowest BCUT2D eigenvalue weighted by Gasteiger charge is -2.07. The Balaban J connectivity index is 2.31. The molecule has 0 aromatic carbocycles. The summed E-state index contributed by atoms with van der Waals surface area (Å²) in [7, 11) is 0. The van der Waals surface area contributed by atoms with Crippen LogP contribution in [0.1, 0.15) is 27.9 Å². The van der Waals surface area contributed by atoms with Crippen molar-refractivity contribution in [1.29, 1.82) is 0 Å². The van der Waals surface area contributed by atoms with Crippen LogP contribution in [0.3, 0.4) is 0 Å². The molecular formula is C12H15N3O4S. The predicted octanol–water partition coefficient (Wildman–Crippen LogP) is 0.415. The van der Waals surface area contributed by atoms with Gasteiger partial charge in [-0.05, 0) is 20.8 Å². The molecule has 1 amide bonds. The minimum absolute atomic E-state index is 0.0562. The fraction of sp³-hybridized carbons (Fsp3) is 0.417. The third-order valence-corrected chi connectivity index (χ3v) is 3.82. The molecule has 2 aromatic rings. The number of aryl methyl sites for hydroxylation is 2. The van der Waals surface area contributed by atoms with Gasteiger partial charge in [-0.1, -0.05) is 0 Å². The Morgan fingerprint density at radius 3 is 2.95 bits per heavy atom. The third-order valence-electron chi connectivity index (χ3n) is 2.75. The molecule has 8 heteroatoms. The van der Waals surface area contributed by atoms with Gasteiger partial charge in [0.1, 0.15) is 12.2 Å². The van der Waals surface area contributed by atoms with Gasteiger partial charge in [0.2, 0.25) is 0 Å². The van der Waals surface area contributed by atoms with Gasteiger partial charge in [0.15, 0.2) is 4.96 Å². The lowest BCUT2D eigenvalue weighted by atomic mass is 10.3. The maximum atomic E-state index is 12.3. The second kappa shape index (κ2) is 5.70. The van der Waals surface area contributed by atoms with Crippen LogP contribution in [-0.4, -0.2) is 33.1 Å². The molecule has 0 bridgehead atoms. The van der Waals surface area contributed by atoms with E-state index in [4.69, 9.17) is 9.94 Å². The SMILES string of the molecule is Cc1sc2ncc(C(=O)NOCC(C)O)c(=O)n2c1C. The van der Waals surface area contributed by atoms with Crippen LogP contribution in [0.5, 0.6) is 0 Å². The quantitative estimate of drug-likeness (QED) is 0.798. The number of hydrogen-bond donors (Lipinski definition) is 2. The van der Waals surface area contributed by atoms with Gasteiger partial charge in [0, 0.05) is 16.8 Å². The number of aliphatic hydroxyl groups is 1. The number of aliphatic hydroxyl groups excluding tert-OH is 1. The van der Waals surface area contributed by atoms with E-state index < -0.39 is 17.6 Å². The van der Waals surface area contributed by atoms with Crippen LogP contribution in [0.15, 0.2) is 11.0 Å². The maximum Gasteiger partial charge on any atom is 0.282 e. The van der Waals surface area contributed by atoms with Crippen molar-refractivity contribution in [1.82, 2.24) is 14.9 Å². The van der Waals surface area contributed by atoms with Gasteiger partial charge in [-0.3, -0.25) is 18.8 Å². The van der Waals surface area contributed by atoms with Gasteiger partial charge in [-0.2, -0.15) is 0 Å². The molecule has 0 aliphatic rings. The van der Waals surface area contributed by atoms with E-state index in [9.17, 15) is 9.59 Å². The van der Waals surface area contributed by atoms with Crippen molar-refractivity contribution in [2.75, 3.05) is 6.61 Å². The molecule has 0 saturated carbocycles. The number of amides is 1. The summed E-state index contributed by atoms with van der Waals surface area (Å²) in [6, 6.07) is 0. The number of hydrogen-bond acceptors (Lipinski definition) is 6. The Kier molecular flexibility index (Phi) is 4.17. The molecule has 1 unspecified atom stereocenters. The fourth-order valence-electron chi connectivity index (χ4n) is 1.61. The van der Waals surface area contributed by atoms with Crippen LogP contribution in [0.4, 0.5) is 0 Å². The number of carbonyl (C=O) groups excluding carboxylic acids is 1. The summed E-state index contributed by atoms with van der Waals surface area (Å²) in [6.07, 6.45) is 0.521. The molecule has 2 N–H and O–H groups in total. The number of rotatable bonds is 4. The lowest BCUT2D eigenvalue weighted by molar-refractivity contribution is -0.00697. The molecule has 0 fully saturated rings. The molecule has 2 aromatic heterocycles. The Bertz CT molecular complexity index is 705. The molecule has 20 heavy (non-hydrogen) atoms. The van der Waals surface area contributed by atoms with Gasteiger partial charge >= 0.3 is 0 Å². The lowest BCUT2D eigenvalue weighted by Crippen LogP contribution is -2.33. The van der Waals surface area contributed by atoms with E-state index in [1.807, 2.05) is 6.92 Å². The minimum Gasteiger partial charge on any atom is -0.391 e. The van der Waals surface area contributed by atoms with Crippen molar-refractivity contribution in [3.63, 3.8) is 0 Å². The normalized spacial score (nSPS) is 12.6. The van der Waals surface area contributed by atoms with Crippen LogP contribution in [0.25, 0.3) is 4.96 Å². The first-order valence-corrected chi connectivity index (χ1v) is 6.81. The number of thiazole rings is 1. The Labute approximate surface area is 118 Å². The van der Waals surface area contributed by atoms with Crippen LogP contribution >= 0.6 is 11.3 Å². The van der Waals surface area contributed by atoms with E-state index in [-0.39, 0.29) is 12.2 Å². The van der Waals surface area contributed by atoms with Crippen molar-refractivity contribution >= 4 is 22.2 Å². The first kappa shape index (κ1) is 14.6. The largest absolute Gasteiger partial charge is 0.391 e. The first-order chi connectivity index (χ1) is 9.41. The van der Waals surface area contributed by atoms with Crippen molar-refractivity contribution in [3.05, 3.63) is 32.7 Å². The highest BCUT2D eigenvalue weighted by atomic mass is 32.1. The molecule has 2 rings (SSSR count). The van der Waals surface area contributed by atoms with Gasteiger partial charge in [0.05, 0.1) is 6.10 Å². The average molecular weight is 297 g/mol. The molecule has 7 nitrogen and oxygen atoms in total. The van der Waals surface area contributed by atoms with Crippen molar-refractivity contribution in [3.8, 4) is 0 Å². The van der Waals surface area contributed by atoms with Crippen molar-refractivity contribution in [2.45, 2.75) is 26.9 Å². The minimum atomic E-state index is -0.709. The molecule has 0 radical (unpaired) electrons. The van der Waals surface area contributed by atoms with Gasteiger partial charge in [-0.25, -0.2) is 10.5 Å². The van der Waals surface area contributed by atoms with Crippen molar-refractivity contribution < 1.29 is 14.7 Å². The number of hydroxylamine groups is 1. The molecule has 0 spiro atoms. The van der Waals surface area contributed by atoms with Gasteiger partial charge in [0.25, 0.3) is 11.5 Å². The summed E-state index contributed by atoms with van der Waals surface area (Å²) >= 11 is 1.39. The average Bonchev–Trinajstić information content (AvgIpc) is 2.65. The zero-order valence-electron chi connectivity index (χ0n) is 11.3. The number of aromatic nitrogens is 2. The van der Waals surface area contributed by atoms with E-state index in [0.29, 0.717) is 4.96 Å². The number of nitrogens with zero attached hydrogens (tertiary/aromatic N) is 2. The Hall–Kier alpha value is -1.77. The van der Waals surface area contributed by atoms with Crippen LogP contribution in [-0.2, 0) is 4.84 Å². The summed E-state index contributed by atoms with van der Waals surface area (Å²) < 4.78 is 1.41. The molecular weight excluding hydrogens is 282 g/mol. The molecule has 0 aliphatic carbocycles. The van der Waals surface area contributed by atoms with Crippen LogP contribution < -0.4 is 11.0 Å². The van der Waals surface area contributed by atoms with Gasteiger partial charge in [-0.15, -0.1) is 11.3 Å². The molecule has 1 atom stereocenters. The predicted molar refractivity (Wildman–Crippen MR) is 73.9 cm³/mol. The standard InChI is InChI=1S/C12H15N3O4S/c1-6(16)5-19-14-10(17)9-4-13-12-15(11(9)18)7(2)8(3)20-12/h4,6,16H,5H2,1-3H3,(H,14,17). The summed E-state index contributed by atoms with van der Waals surface area (Å²) in [5.74, 6) is -0.680. The summed E-state index contributed by atoms with van der Waals surface area (Å²) in [5, 5.41) is 9.02. The Morgan fingerprint density at radius 1 is 1.60 bits per heavy atom. The fourth-order valence-corrected chi connectivity index (χ4v) is 2.54. The van der Waals surface area contributed by atoms with Gasteiger partial charge < -0.3 is 5.11 Å². The second-order valence-electron chi connectivity index (χ2n) is 4.43. The van der Waals surface area contributed by atoms with E-state index in [2.05, 4.69) is 10.5 Å². The van der Waals surface area contributed by atoms with E-state index >= 15 is 0 Å². The summed E-state index contributed by atoms with van der Waals surface area (Å²) in [6.45, 7) is 5.15. The number of carbonyl (C=O) groups is 1. The summed E-state index contributed by atoms with van der Waals surface area (Å²) in [4.78, 5) is 34.5. The molecule has 0 saturated heterocycles. The topological polar surface area (TPSA) is 92.9 Å². The summed E-state index contributed by atoms with van der Waals surface area (Å²) in [5.41, 5.74) is 2.34. The number of nitrogens with one attached hydrogen (secondary N) is 1. The van der Waals surface area contributed by atoms with Crippen molar-refractivity contribution in [2.24, 2.45) is 0 Å². The molecule has 2 heterocycles. The zero-order chi connectivity index (χ0) is 14.9. The maximum absolute atomic E-state index is 12.3. The highest BCUT2D eigenvalue weighted by Gasteiger charge is 2.16. The monoisotopic (exact) mass is 297 g/mol. The van der Waals surface area contributed by atoms with E-state index in [1.165, 1.54) is 28.9 Å². The van der Waals surface area contributed by atoms with E-state index in [1.54, 1.807) is 6.92 Å². The first-order valence-electron chi connectivity index (χ1n) is 5.99. The third kappa shape index (κ3) is 2.72. The van der Waals surface area contributed by atoms with Crippen LogP contribution in [0.2, 0.25) is 0 Å². The highest BCUT2D eigenvalue weighted by molar-refractivity contribution is 7.17. The van der Waals surface area contributed by atoms with E-state index in [0.717, 1.165) is 10.6 Å². The van der Waals surface area contributed by atoms with Crippen LogP contribution in [0, 0.1) is 13.8 Å². The highest BCUT2D eigenvalue weighted by Crippen LogP contribution is 2.18. The molecule has 108 valence electrons. The number of fused-ring (bicyclic) bond motifs is 1. The zero-order valence-corrected chi connectivity index (χ0v) is 12.2. The smallest absolute Gasteiger partial charge is 0.282 e. The molecule has 0 aliphatic heterocycles.